The van der Waals surface area contributed by atoms with Gasteiger partial charge in [-0.15, -0.1) is 11.6 Å². The lowest BCUT2D eigenvalue weighted by Gasteiger charge is -2.32. The summed E-state index contributed by atoms with van der Waals surface area (Å²) in [4.78, 5) is 14.2. The number of carbonyl (C=O) groups is 1. The number of aryl methyl sites for hydroxylation is 2. The Hall–Kier alpha value is -1.06. The predicted octanol–water partition coefficient (Wildman–Crippen LogP) is 4.55. The SMILES string of the molecule is CCCCOC(C)N(C(=O)CCl)c1c(CC)cccc1CC. The first-order chi connectivity index (χ1) is 10.6. The van der Waals surface area contributed by atoms with Crippen LogP contribution in [0.5, 0.6) is 0 Å². The van der Waals surface area contributed by atoms with Gasteiger partial charge in [-0.25, -0.2) is 0 Å². The van der Waals surface area contributed by atoms with Crippen molar-refractivity contribution in [1.29, 1.82) is 0 Å². The number of rotatable bonds is 9. The average molecular weight is 326 g/mol. The zero-order valence-electron chi connectivity index (χ0n) is 14.2. The molecule has 124 valence electrons. The molecule has 0 aliphatic rings. The maximum Gasteiger partial charge on any atom is 0.244 e. The lowest BCUT2D eigenvalue weighted by atomic mass is 10.0. The van der Waals surface area contributed by atoms with Gasteiger partial charge >= 0.3 is 0 Å². The summed E-state index contributed by atoms with van der Waals surface area (Å²) in [5, 5.41) is 0. The topological polar surface area (TPSA) is 29.5 Å². The molecule has 0 aliphatic carbocycles. The van der Waals surface area contributed by atoms with Crippen LogP contribution in [0.25, 0.3) is 0 Å². The molecule has 1 unspecified atom stereocenters. The molecule has 0 heterocycles. The van der Waals surface area contributed by atoms with Crippen LogP contribution in [0.15, 0.2) is 18.2 Å². The Balaban J connectivity index is 3.19. The monoisotopic (exact) mass is 325 g/mol. The summed E-state index contributed by atoms with van der Waals surface area (Å²) in [5.74, 6) is -0.149. The smallest absolute Gasteiger partial charge is 0.244 e. The van der Waals surface area contributed by atoms with Crippen molar-refractivity contribution in [3.8, 4) is 0 Å². The summed E-state index contributed by atoms with van der Waals surface area (Å²) in [6.45, 7) is 8.90. The largest absolute Gasteiger partial charge is 0.358 e. The molecule has 0 saturated carbocycles. The van der Waals surface area contributed by atoms with Crippen molar-refractivity contribution in [2.24, 2.45) is 0 Å². The number of nitrogens with zero attached hydrogens (tertiary/aromatic N) is 1. The fourth-order valence-corrected chi connectivity index (χ4v) is 2.70. The van der Waals surface area contributed by atoms with E-state index in [4.69, 9.17) is 16.3 Å². The van der Waals surface area contributed by atoms with Gasteiger partial charge in [0.05, 0.1) is 5.69 Å². The van der Waals surface area contributed by atoms with Crippen LogP contribution in [-0.4, -0.2) is 24.6 Å². The molecule has 1 amide bonds. The third-order valence-corrected chi connectivity index (χ3v) is 4.04. The van der Waals surface area contributed by atoms with Crippen molar-refractivity contribution in [3.05, 3.63) is 29.3 Å². The maximum atomic E-state index is 12.4. The number of para-hydroxylation sites is 1. The van der Waals surface area contributed by atoms with Gasteiger partial charge in [0.1, 0.15) is 12.1 Å². The van der Waals surface area contributed by atoms with Crippen LogP contribution in [0, 0.1) is 0 Å². The Bertz CT molecular complexity index is 454. The van der Waals surface area contributed by atoms with Crippen LogP contribution in [0.4, 0.5) is 5.69 Å². The van der Waals surface area contributed by atoms with Gasteiger partial charge in [-0.2, -0.15) is 0 Å². The number of alkyl halides is 1. The lowest BCUT2D eigenvalue weighted by Crippen LogP contribution is -2.42. The third-order valence-electron chi connectivity index (χ3n) is 3.81. The first-order valence-electron chi connectivity index (χ1n) is 8.20. The number of hydrogen-bond acceptors (Lipinski definition) is 2. The van der Waals surface area contributed by atoms with E-state index in [0.717, 1.165) is 42.5 Å². The molecule has 0 N–H and O–H groups in total. The van der Waals surface area contributed by atoms with Gasteiger partial charge in [-0.05, 0) is 37.3 Å². The predicted molar refractivity (Wildman–Crippen MR) is 93.7 cm³/mol. The Morgan fingerprint density at radius 2 is 1.82 bits per heavy atom. The highest BCUT2D eigenvalue weighted by Crippen LogP contribution is 2.29. The lowest BCUT2D eigenvalue weighted by molar-refractivity contribution is -0.118. The summed E-state index contributed by atoms with van der Waals surface area (Å²) in [6.07, 6.45) is 3.50. The Morgan fingerprint density at radius 1 is 1.23 bits per heavy atom. The van der Waals surface area contributed by atoms with Crippen LogP contribution in [0.1, 0.15) is 51.7 Å². The number of anilines is 1. The minimum Gasteiger partial charge on any atom is -0.358 e. The molecule has 3 nitrogen and oxygen atoms in total. The van der Waals surface area contributed by atoms with E-state index < -0.39 is 0 Å². The standard InChI is InChI=1S/C18H28ClNO2/c1-5-8-12-22-14(4)20(17(21)13-19)18-15(6-2)10-9-11-16(18)7-3/h9-11,14H,5-8,12-13H2,1-4H3. The first-order valence-corrected chi connectivity index (χ1v) is 8.74. The number of hydrogen-bond donors (Lipinski definition) is 0. The van der Waals surface area contributed by atoms with Crippen LogP contribution in [0.3, 0.4) is 0 Å². The number of ether oxygens (including phenoxy) is 1. The van der Waals surface area contributed by atoms with Crippen molar-refractivity contribution in [3.63, 3.8) is 0 Å². The van der Waals surface area contributed by atoms with Crippen LogP contribution >= 0.6 is 11.6 Å². The van der Waals surface area contributed by atoms with Gasteiger partial charge in [-0.3, -0.25) is 9.69 Å². The Kier molecular flexibility index (Phi) is 8.51. The van der Waals surface area contributed by atoms with Crippen LogP contribution < -0.4 is 4.90 Å². The van der Waals surface area contributed by atoms with Gasteiger partial charge in [0, 0.05) is 6.61 Å². The van der Waals surface area contributed by atoms with E-state index in [1.165, 1.54) is 0 Å². The normalized spacial score (nSPS) is 12.2. The highest BCUT2D eigenvalue weighted by Gasteiger charge is 2.25. The molecule has 22 heavy (non-hydrogen) atoms. The summed E-state index contributed by atoms with van der Waals surface area (Å²) in [7, 11) is 0. The van der Waals surface area contributed by atoms with E-state index in [-0.39, 0.29) is 18.0 Å². The fourth-order valence-electron chi connectivity index (χ4n) is 2.57. The molecule has 0 aliphatic heterocycles. The number of unbranched alkanes of at least 4 members (excludes halogenated alkanes) is 1. The fraction of sp³-hybridized carbons (Fsp3) is 0.611. The summed E-state index contributed by atoms with van der Waals surface area (Å²) in [6, 6.07) is 6.19. The minimum absolute atomic E-state index is 0.0390. The summed E-state index contributed by atoms with van der Waals surface area (Å²) >= 11 is 5.85. The molecule has 1 aromatic rings. The number of carbonyl (C=O) groups excluding carboxylic acids is 1. The van der Waals surface area contributed by atoms with Gasteiger partial charge in [0.25, 0.3) is 0 Å². The van der Waals surface area contributed by atoms with E-state index >= 15 is 0 Å². The van der Waals surface area contributed by atoms with Gasteiger partial charge in [0.2, 0.25) is 5.91 Å². The summed E-state index contributed by atoms with van der Waals surface area (Å²) < 4.78 is 5.87. The molecule has 1 rings (SSSR count). The molecule has 0 radical (unpaired) electrons. The third kappa shape index (κ3) is 4.72. The quantitative estimate of drug-likeness (QED) is 0.379. The number of benzene rings is 1. The van der Waals surface area contributed by atoms with Crippen molar-refractivity contribution in [1.82, 2.24) is 0 Å². The van der Waals surface area contributed by atoms with E-state index in [0.29, 0.717) is 6.61 Å². The number of halogens is 1. The van der Waals surface area contributed by atoms with E-state index in [2.05, 4.69) is 32.9 Å². The maximum absolute atomic E-state index is 12.4. The molecule has 0 spiro atoms. The van der Waals surface area contributed by atoms with Gasteiger partial charge in [-0.1, -0.05) is 45.4 Å². The molecule has 0 bridgehead atoms. The minimum atomic E-state index is -0.309. The van der Waals surface area contributed by atoms with Crippen LogP contribution in [-0.2, 0) is 22.4 Å². The van der Waals surface area contributed by atoms with Crippen molar-refractivity contribution >= 4 is 23.2 Å². The van der Waals surface area contributed by atoms with Gasteiger partial charge < -0.3 is 4.74 Å². The zero-order valence-corrected chi connectivity index (χ0v) is 14.9. The molecule has 1 aromatic carbocycles. The van der Waals surface area contributed by atoms with E-state index in [1.54, 1.807) is 4.90 Å². The average Bonchev–Trinajstić information content (AvgIpc) is 2.55. The zero-order chi connectivity index (χ0) is 16.5. The molecular formula is C18H28ClNO2. The first kappa shape index (κ1) is 19.0. The molecule has 1 atom stereocenters. The van der Waals surface area contributed by atoms with Crippen molar-refractivity contribution < 1.29 is 9.53 Å². The molecule has 0 aromatic heterocycles. The van der Waals surface area contributed by atoms with E-state index in [9.17, 15) is 4.79 Å². The molecule has 4 heteroatoms. The van der Waals surface area contributed by atoms with Crippen LogP contribution in [0.2, 0.25) is 0 Å². The van der Waals surface area contributed by atoms with Gasteiger partial charge in [0.15, 0.2) is 0 Å². The molecule has 0 fully saturated rings. The Morgan fingerprint density at radius 3 is 2.27 bits per heavy atom. The Labute approximate surface area is 139 Å². The summed E-state index contributed by atoms with van der Waals surface area (Å²) in [5.41, 5.74) is 3.29. The molecule has 0 saturated heterocycles. The highest BCUT2D eigenvalue weighted by atomic mass is 35.5. The second kappa shape index (κ2) is 9.86. The second-order valence-corrected chi connectivity index (χ2v) is 5.62. The van der Waals surface area contributed by atoms with E-state index in [1.807, 2.05) is 13.0 Å². The molecular weight excluding hydrogens is 298 g/mol. The second-order valence-electron chi connectivity index (χ2n) is 5.35. The van der Waals surface area contributed by atoms with Crippen molar-refractivity contribution in [2.45, 2.75) is 59.6 Å². The highest BCUT2D eigenvalue weighted by molar-refractivity contribution is 6.29. The van der Waals surface area contributed by atoms with Crippen molar-refractivity contribution in [2.75, 3.05) is 17.4 Å². The number of amides is 1.